The molecule has 0 saturated carbocycles. The largest absolute Gasteiger partial charge is 0.369 e. The molecule has 30 heavy (non-hydrogen) atoms. The van der Waals surface area contributed by atoms with Crippen molar-refractivity contribution in [2.75, 3.05) is 31.1 Å². The maximum Gasteiger partial charge on any atom is 0.0407 e. The van der Waals surface area contributed by atoms with Crippen LogP contribution in [-0.2, 0) is 6.54 Å². The van der Waals surface area contributed by atoms with Crippen LogP contribution in [-0.4, -0.2) is 31.1 Å². The highest BCUT2D eigenvalue weighted by atomic mass is 35.5. The average molecular weight is 411 g/mol. The summed E-state index contributed by atoms with van der Waals surface area (Å²) in [4.78, 5) is 5.04. The molecule has 0 atom stereocenters. The second-order valence-corrected chi connectivity index (χ2v) is 8.76. The van der Waals surface area contributed by atoms with E-state index in [0.717, 1.165) is 37.7 Å². The van der Waals surface area contributed by atoms with Gasteiger partial charge in [0.05, 0.1) is 0 Å². The zero-order chi connectivity index (χ0) is 20.1. The van der Waals surface area contributed by atoms with Crippen LogP contribution in [0.15, 0.2) is 78.9 Å². The van der Waals surface area contributed by atoms with Crippen molar-refractivity contribution >= 4 is 49.6 Å². The summed E-state index contributed by atoms with van der Waals surface area (Å²) in [5, 5.41) is 9.03. The Morgan fingerprint density at radius 1 is 0.633 bits per heavy atom. The molecule has 3 heteroatoms. The lowest BCUT2D eigenvalue weighted by molar-refractivity contribution is 0.251. The Bertz CT molecular complexity index is 1320. The van der Waals surface area contributed by atoms with Gasteiger partial charge in [-0.15, -0.1) is 0 Å². The Balaban J connectivity index is 1.29. The minimum atomic E-state index is 0.798. The van der Waals surface area contributed by atoms with E-state index >= 15 is 0 Å². The molecule has 1 aliphatic heterocycles. The van der Waals surface area contributed by atoms with Crippen LogP contribution in [0.4, 0.5) is 5.69 Å². The maximum absolute atomic E-state index is 6.04. The van der Waals surface area contributed by atoms with E-state index in [2.05, 4.69) is 76.5 Å². The Hall–Kier alpha value is -2.81. The van der Waals surface area contributed by atoms with Gasteiger partial charge in [-0.2, -0.15) is 0 Å². The first kappa shape index (κ1) is 18.0. The monoisotopic (exact) mass is 410 g/mol. The first-order valence-electron chi connectivity index (χ1n) is 10.6. The standard InChI is InChI=1S/C27H23ClN2/c28-23-9-11-24(12-10-23)30-16-14-29(15-17-30)18-22-7-6-21-5-4-19-2-1-3-20-8-13-25(22)27(21)26(19)20/h1-13H,14-18H2. The van der Waals surface area contributed by atoms with Crippen molar-refractivity contribution in [3.05, 3.63) is 89.4 Å². The number of nitrogens with zero attached hydrogens (tertiary/aromatic N) is 2. The Morgan fingerprint density at radius 2 is 1.27 bits per heavy atom. The number of hydrogen-bond acceptors (Lipinski definition) is 2. The van der Waals surface area contributed by atoms with Crippen LogP contribution in [0.1, 0.15) is 5.56 Å². The Kier molecular flexibility index (Phi) is 4.29. The van der Waals surface area contributed by atoms with E-state index in [9.17, 15) is 0 Å². The molecule has 1 aliphatic rings. The van der Waals surface area contributed by atoms with Gasteiger partial charge in [-0.05, 0) is 62.1 Å². The van der Waals surface area contributed by atoms with E-state index in [1.54, 1.807) is 0 Å². The van der Waals surface area contributed by atoms with Crippen LogP contribution >= 0.6 is 11.6 Å². The SMILES string of the molecule is Clc1ccc(N2CCN(Cc3ccc4ccc5cccc6ccc3c4c56)CC2)cc1. The van der Waals surface area contributed by atoms with Crippen LogP contribution in [0.2, 0.25) is 5.02 Å². The molecule has 0 aromatic heterocycles. The highest BCUT2D eigenvalue weighted by Crippen LogP contribution is 2.36. The number of benzene rings is 5. The number of hydrogen-bond donors (Lipinski definition) is 0. The van der Waals surface area contributed by atoms with E-state index in [4.69, 9.17) is 11.6 Å². The summed E-state index contributed by atoms with van der Waals surface area (Å²) in [6, 6.07) is 28.6. The van der Waals surface area contributed by atoms with Crippen molar-refractivity contribution in [1.29, 1.82) is 0 Å². The molecule has 0 unspecified atom stereocenters. The molecule has 0 aliphatic carbocycles. The average Bonchev–Trinajstić information content (AvgIpc) is 2.79. The second-order valence-electron chi connectivity index (χ2n) is 8.32. The van der Waals surface area contributed by atoms with Crippen LogP contribution in [0.25, 0.3) is 32.3 Å². The van der Waals surface area contributed by atoms with Crippen molar-refractivity contribution in [3.63, 3.8) is 0 Å². The van der Waals surface area contributed by atoms with E-state index < -0.39 is 0 Å². The van der Waals surface area contributed by atoms with Crippen molar-refractivity contribution in [2.45, 2.75) is 6.54 Å². The fourth-order valence-corrected chi connectivity index (χ4v) is 5.12. The number of rotatable bonds is 3. The van der Waals surface area contributed by atoms with Gasteiger partial charge in [0.25, 0.3) is 0 Å². The highest BCUT2D eigenvalue weighted by molar-refractivity contribution is 6.30. The van der Waals surface area contributed by atoms with Gasteiger partial charge in [-0.25, -0.2) is 0 Å². The summed E-state index contributed by atoms with van der Waals surface area (Å²) in [6.45, 7) is 5.25. The fraction of sp³-hybridized carbons (Fsp3) is 0.185. The molecule has 6 rings (SSSR count). The van der Waals surface area contributed by atoms with Crippen LogP contribution < -0.4 is 4.90 Å². The first-order chi connectivity index (χ1) is 14.8. The van der Waals surface area contributed by atoms with Crippen LogP contribution in [0, 0.1) is 0 Å². The van der Waals surface area contributed by atoms with Gasteiger partial charge in [0, 0.05) is 43.4 Å². The summed E-state index contributed by atoms with van der Waals surface area (Å²) < 4.78 is 0. The third-order valence-electron chi connectivity index (χ3n) is 6.58. The normalized spacial score (nSPS) is 15.6. The molecule has 2 nitrogen and oxygen atoms in total. The zero-order valence-corrected chi connectivity index (χ0v) is 17.6. The lowest BCUT2D eigenvalue weighted by Gasteiger charge is -2.36. The van der Waals surface area contributed by atoms with E-state index in [1.807, 2.05) is 12.1 Å². The molecule has 1 saturated heterocycles. The lowest BCUT2D eigenvalue weighted by Crippen LogP contribution is -2.45. The van der Waals surface area contributed by atoms with Crippen molar-refractivity contribution in [3.8, 4) is 0 Å². The molecule has 0 spiro atoms. The van der Waals surface area contributed by atoms with Gasteiger partial charge in [0.15, 0.2) is 0 Å². The maximum atomic E-state index is 6.04. The fourth-order valence-electron chi connectivity index (χ4n) is 4.99. The van der Waals surface area contributed by atoms with E-state index in [0.29, 0.717) is 0 Å². The second kappa shape index (κ2) is 7.16. The van der Waals surface area contributed by atoms with Gasteiger partial charge < -0.3 is 4.90 Å². The molecule has 148 valence electrons. The summed E-state index contributed by atoms with van der Waals surface area (Å²) in [6.07, 6.45) is 0. The first-order valence-corrected chi connectivity index (χ1v) is 11.0. The third-order valence-corrected chi connectivity index (χ3v) is 6.83. The van der Waals surface area contributed by atoms with E-state index in [1.165, 1.54) is 43.6 Å². The summed E-state index contributed by atoms with van der Waals surface area (Å²) in [5.74, 6) is 0. The molecule has 0 radical (unpaired) electrons. The number of piperazine rings is 1. The van der Waals surface area contributed by atoms with Crippen molar-refractivity contribution < 1.29 is 0 Å². The molecular weight excluding hydrogens is 388 g/mol. The molecule has 5 aromatic carbocycles. The van der Waals surface area contributed by atoms with Crippen molar-refractivity contribution in [2.24, 2.45) is 0 Å². The topological polar surface area (TPSA) is 6.48 Å². The minimum Gasteiger partial charge on any atom is -0.369 e. The van der Waals surface area contributed by atoms with Gasteiger partial charge in [-0.3, -0.25) is 4.90 Å². The molecule has 1 fully saturated rings. The van der Waals surface area contributed by atoms with Gasteiger partial charge in [-0.1, -0.05) is 66.2 Å². The molecule has 0 bridgehead atoms. The highest BCUT2D eigenvalue weighted by Gasteiger charge is 2.19. The van der Waals surface area contributed by atoms with Gasteiger partial charge >= 0.3 is 0 Å². The molecule has 0 amide bonds. The van der Waals surface area contributed by atoms with E-state index in [-0.39, 0.29) is 0 Å². The van der Waals surface area contributed by atoms with Gasteiger partial charge in [0.1, 0.15) is 0 Å². The van der Waals surface area contributed by atoms with Crippen LogP contribution in [0.5, 0.6) is 0 Å². The lowest BCUT2D eigenvalue weighted by atomic mass is 9.92. The summed E-state index contributed by atoms with van der Waals surface area (Å²) in [7, 11) is 0. The predicted octanol–water partition coefficient (Wildman–Crippen LogP) is 6.56. The number of anilines is 1. The number of halogens is 1. The zero-order valence-electron chi connectivity index (χ0n) is 16.8. The predicted molar refractivity (Wildman–Crippen MR) is 129 cm³/mol. The van der Waals surface area contributed by atoms with Crippen molar-refractivity contribution in [1.82, 2.24) is 4.90 Å². The van der Waals surface area contributed by atoms with Crippen LogP contribution in [0.3, 0.4) is 0 Å². The Morgan fingerprint density at radius 3 is 2.00 bits per heavy atom. The molecule has 1 heterocycles. The summed E-state index contributed by atoms with van der Waals surface area (Å²) in [5.41, 5.74) is 2.70. The molecule has 5 aromatic rings. The molecule has 0 N–H and O–H groups in total. The minimum absolute atomic E-state index is 0.798. The molecular formula is C27H23ClN2. The third kappa shape index (κ3) is 2.99. The van der Waals surface area contributed by atoms with Gasteiger partial charge in [0.2, 0.25) is 0 Å². The smallest absolute Gasteiger partial charge is 0.0407 e. The quantitative estimate of drug-likeness (QED) is 0.311. The Labute approximate surface area is 181 Å². The summed E-state index contributed by atoms with van der Waals surface area (Å²) >= 11 is 6.04.